The summed E-state index contributed by atoms with van der Waals surface area (Å²) in [5, 5.41) is 2.54. The molecule has 3 N–H and O–H groups in total. The maximum atomic E-state index is 14.3. The van der Waals surface area contributed by atoms with Crippen LogP contribution in [0.25, 0.3) is 22.5 Å². The third-order valence-electron chi connectivity index (χ3n) is 14.7. The van der Waals surface area contributed by atoms with E-state index in [0.717, 1.165) is 45.3 Å². The number of rotatable bonds is 25. The Morgan fingerprint density at radius 2 is 0.828 bits per heavy atom. The molecule has 3 amide bonds. The lowest BCUT2D eigenvalue weighted by Crippen LogP contribution is -2.43. The summed E-state index contributed by atoms with van der Waals surface area (Å²) in [6, 6.07) is 58.9. The number of amides is 3. The van der Waals surface area contributed by atoms with Gasteiger partial charge in [-0.3, -0.25) is 19.2 Å². The van der Waals surface area contributed by atoms with Crippen molar-refractivity contribution in [3.05, 3.63) is 228 Å². The molecule has 0 radical (unpaired) electrons. The lowest BCUT2D eigenvalue weighted by atomic mass is 9.84. The minimum Gasteiger partial charge on any atom is -0.444 e. The Labute approximate surface area is 515 Å². The van der Waals surface area contributed by atoms with Crippen LogP contribution in [0.3, 0.4) is 0 Å². The summed E-state index contributed by atoms with van der Waals surface area (Å²) in [7, 11) is 0. The van der Waals surface area contributed by atoms with Gasteiger partial charge in [-0.05, 0) is 92.7 Å². The molecule has 456 valence electrons. The third-order valence-corrected chi connectivity index (χ3v) is 14.7. The number of nitrogens with zero attached hydrogens (tertiary/aromatic N) is 6. The van der Waals surface area contributed by atoms with Gasteiger partial charge in [-0.25, -0.2) is 14.8 Å². The van der Waals surface area contributed by atoms with Gasteiger partial charge in [0.1, 0.15) is 23.0 Å². The van der Waals surface area contributed by atoms with Crippen LogP contribution in [0.2, 0.25) is 0 Å². The Hall–Kier alpha value is -8.75. The number of benzene rings is 6. The van der Waals surface area contributed by atoms with Crippen LogP contribution >= 0.6 is 0 Å². The van der Waals surface area contributed by atoms with Crippen molar-refractivity contribution in [3.8, 4) is 22.5 Å². The molecule has 0 aliphatic heterocycles. The number of aromatic nitrogens is 4. The zero-order valence-corrected chi connectivity index (χ0v) is 52.3. The van der Waals surface area contributed by atoms with E-state index in [2.05, 4.69) is 105 Å². The van der Waals surface area contributed by atoms with Crippen molar-refractivity contribution in [3.63, 3.8) is 0 Å². The quantitative estimate of drug-likeness (QED) is 0.0528. The fraction of sp³-hybridized carbons (Fsp3) is 0.356. The summed E-state index contributed by atoms with van der Waals surface area (Å²) >= 11 is 0. The molecular weight excluding hydrogens is 1080 g/mol. The lowest BCUT2D eigenvalue weighted by Gasteiger charge is -2.40. The number of Topliss-reactive ketones (excluding diaryl/α,β-unsaturated/α-hetero) is 2. The SMILES string of the molecule is CC(C)(C)OC(=O)NCC(=O)CCCCN(C(=O)c1ccccc1)[C@@H](c1nc(-c2ccccc2)cn1Cc1ccccc1)C(C)(C)C.CC(C)(C)[C@H](c1nc(-c2ccccc2)cn1Cc1ccccc1)N(CCCCC(=O)CN)C(=O)c1ccccc1. The van der Waals surface area contributed by atoms with E-state index < -0.39 is 11.7 Å². The van der Waals surface area contributed by atoms with Crippen LogP contribution in [0, 0.1) is 10.8 Å². The molecule has 8 rings (SSSR count). The Morgan fingerprint density at radius 1 is 0.483 bits per heavy atom. The first-order chi connectivity index (χ1) is 41.6. The number of nitrogens with two attached hydrogens (primary N) is 1. The van der Waals surface area contributed by atoms with Gasteiger partial charge in [0.15, 0.2) is 5.78 Å². The summed E-state index contributed by atoms with van der Waals surface area (Å²) in [4.78, 5) is 79.3. The average Bonchev–Trinajstić information content (AvgIpc) is 1.89. The Balaban J connectivity index is 0.000000252. The first-order valence-electron chi connectivity index (χ1n) is 30.3. The minimum atomic E-state index is -0.636. The molecule has 6 aromatic carbocycles. The van der Waals surface area contributed by atoms with Crippen molar-refractivity contribution in [2.45, 2.75) is 132 Å². The molecule has 0 saturated carbocycles. The topological polar surface area (TPSA) is 175 Å². The van der Waals surface area contributed by atoms with Gasteiger partial charge in [-0.15, -0.1) is 0 Å². The number of alkyl carbamates (subject to hydrolysis) is 1. The Morgan fingerprint density at radius 3 is 1.17 bits per heavy atom. The van der Waals surface area contributed by atoms with E-state index in [4.69, 9.17) is 20.4 Å². The van der Waals surface area contributed by atoms with Gasteiger partial charge >= 0.3 is 6.09 Å². The summed E-state index contributed by atoms with van der Waals surface area (Å²) in [6.45, 7) is 20.4. The Bertz CT molecular complexity index is 3440. The molecule has 2 heterocycles. The summed E-state index contributed by atoms with van der Waals surface area (Å²) in [5.41, 5.74) is 11.5. The fourth-order valence-electron chi connectivity index (χ4n) is 10.7. The van der Waals surface area contributed by atoms with Gasteiger partial charge < -0.3 is 34.7 Å². The summed E-state index contributed by atoms with van der Waals surface area (Å²) < 4.78 is 9.60. The van der Waals surface area contributed by atoms with Crippen LogP contribution in [0.1, 0.15) is 156 Å². The molecule has 0 spiro atoms. The first kappa shape index (κ1) is 65.8. The van der Waals surface area contributed by atoms with E-state index in [9.17, 15) is 24.0 Å². The average molecular weight is 1170 g/mol. The lowest BCUT2D eigenvalue weighted by molar-refractivity contribution is -0.119. The highest BCUT2D eigenvalue weighted by Gasteiger charge is 2.40. The van der Waals surface area contributed by atoms with Crippen molar-refractivity contribution in [1.82, 2.24) is 34.2 Å². The highest BCUT2D eigenvalue weighted by Crippen LogP contribution is 2.42. The van der Waals surface area contributed by atoms with Gasteiger partial charge in [-0.2, -0.15) is 0 Å². The maximum absolute atomic E-state index is 14.3. The molecule has 0 fully saturated rings. The number of imidazole rings is 2. The molecule has 0 unspecified atom stereocenters. The van der Waals surface area contributed by atoms with Crippen LogP contribution in [-0.2, 0) is 27.4 Å². The standard InChI is InChI=1S/C39H48N4O4.C34H40N4O2/c1-38(2,3)34(35-41-33(30-20-12-8-13-21-30)28-42(35)27-29-18-10-7-11-19-29)43(36(45)31-22-14-9-15-23-31)25-17-16-24-32(44)26-40-37(46)47-39(4,5)6;1-34(2,3)31(38(22-14-13-21-29(39)23-35)33(40)28-19-11-6-12-20-28)32-36-30(27-17-9-5-10-18-27)25-37(32)24-26-15-7-4-8-16-26/h7-15,18-23,28,34H,16-17,24-27H2,1-6H3,(H,40,46);4-12,15-20,25,31H,13-14,21-24,35H2,1-3H3/t34-;31-/m00/s1. The number of hydrogen-bond acceptors (Lipinski definition) is 9. The van der Waals surface area contributed by atoms with Crippen molar-refractivity contribution >= 4 is 29.5 Å². The predicted octanol–water partition coefficient (Wildman–Crippen LogP) is 14.6. The zero-order chi connectivity index (χ0) is 62.6. The molecule has 8 aromatic rings. The van der Waals surface area contributed by atoms with Gasteiger partial charge in [-0.1, -0.05) is 199 Å². The molecular formula is C73H88N8O6. The number of carbonyl (C=O) groups is 5. The number of unbranched alkanes of at least 4 members (excludes halogenated alkanes) is 2. The van der Waals surface area contributed by atoms with E-state index in [1.165, 1.54) is 0 Å². The van der Waals surface area contributed by atoms with Crippen molar-refractivity contribution < 1.29 is 28.7 Å². The molecule has 0 aliphatic carbocycles. The highest BCUT2D eigenvalue weighted by atomic mass is 16.6. The largest absolute Gasteiger partial charge is 0.444 e. The van der Waals surface area contributed by atoms with Crippen LogP contribution in [0.5, 0.6) is 0 Å². The Kier molecular flexibility index (Phi) is 23.5. The van der Waals surface area contributed by atoms with Gasteiger partial charge in [0.05, 0.1) is 36.6 Å². The molecule has 2 aromatic heterocycles. The first-order valence-corrected chi connectivity index (χ1v) is 30.3. The normalized spacial score (nSPS) is 12.3. The van der Waals surface area contributed by atoms with Crippen LogP contribution < -0.4 is 11.1 Å². The zero-order valence-electron chi connectivity index (χ0n) is 52.3. The van der Waals surface area contributed by atoms with Crippen LogP contribution in [0.4, 0.5) is 4.79 Å². The highest BCUT2D eigenvalue weighted by molar-refractivity contribution is 5.95. The molecule has 14 nitrogen and oxygen atoms in total. The molecule has 0 saturated heterocycles. The van der Waals surface area contributed by atoms with Crippen molar-refractivity contribution in [1.29, 1.82) is 0 Å². The molecule has 2 atom stereocenters. The van der Waals surface area contributed by atoms with Crippen molar-refractivity contribution in [2.24, 2.45) is 16.6 Å². The van der Waals surface area contributed by atoms with E-state index in [1.54, 1.807) is 20.8 Å². The fourth-order valence-corrected chi connectivity index (χ4v) is 10.7. The molecule has 14 heteroatoms. The van der Waals surface area contributed by atoms with Gasteiger partial charge in [0, 0.05) is 73.7 Å². The van der Waals surface area contributed by atoms with Gasteiger partial charge in [0.25, 0.3) is 11.8 Å². The third kappa shape index (κ3) is 19.6. The number of ketones is 2. The maximum Gasteiger partial charge on any atom is 0.408 e. The van der Waals surface area contributed by atoms with Gasteiger partial charge in [0.2, 0.25) is 0 Å². The van der Waals surface area contributed by atoms with E-state index in [-0.39, 0.29) is 65.8 Å². The number of ether oxygens (including phenoxy) is 1. The van der Waals surface area contributed by atoms with E-state index in [1.807, 2.05) is 155 Å². The summed E-state index contributed by atoms with van der Waals surface area (Å²) in [5.74, 6) is 1.48. The van der Waals surface area contributed by atoms with Crippen LogP contribution in [0.15, 0.2) is 194 Å². The number of carbonyl (C=O) groups excluding carboxylic acids is 5. The molecule has 0 bridgehead atoms. The van der Waals surface area contributed by atoms with E-state index >= 15 is 0 Å². The molecule has 0 aliphatic rings. The second-order valence-corrected chi connectivity index (χ2v) is 25.2. The number of nitrogens with one attached hydrogen (secondary N) is 1. The summed E-state index contributed by atoms with van der Waals surface area (Å²) in [6.07, 6.45) is 6.82. The van der Waals surface area contributed by atoms with Crippen LogP contribution in [-0.4, -0.2) is 90.2 Å². The second kappa shape index (κ2) is 31.1. The number of hydrogen-bond donors (Lipinski definition) is 2. The van der Waals surface area contributed by atoms with Crippen molar-refractivity contribution in [2.75, 3.05) is 26.2 Å². The predicted molar refractivity (Wildman–Crippen MR) is 347 cm³/mol. The van der Waals surface area contributed by atoms with E-state index in [0.29, 0.717) is 69.4 Å². The smallest absolute Gasteiger partial charge is 0.408 e. The monoisotopic (exact) mass is 1170 g/mol. The second-order valence-electron chi connectivity index (χ2n) is 25.2. The minimum absolute atomic E-state index is 0.0406. The molecule has 87 heavy (non-hydrogen) atoms.